The SMILES string of the molecule is BC(C[N+]#N)C[N+]#N. The zero-order chi connectivity index (χ0) is 6.41. The van der Waals surface area contributed by atoms with E-state index >= 15 is 0 Å². The van der Waals surface area contributed by atoms with Crippen molar-refractivity contribution in [2.75, 3.05) is 13.1 Å². The molecule has 0 rings (SSSR count). The van der Waals surface area contributed by atoms with Crippen LogP contribution in [0.3, 0.4) is 0 Å². The Bertz CT molecular complexity index is 115. The van der Waals surface area contributed by atoms with E-state index in [-0.39, 0.29) is 5.82 Å². The van der Waals surface area contributed by atoms with E-state index in [4.69, 9.17) is 10.8 Å². The maximum Gasteiger partial charge on any atom is 0.308 e. The first-order valence-electron chi connectivity index (χ1n) is 2.43. The van der Waals surface area contributed by atoms with Gasteiger partial charge in [-0.2, -0.15) is 0 Å². The van der Waals surface area contributed by atoms with Gasteiger partial charge in [0.2, 0.25) is 10.8 Å². The minimum Gasteiger partial charge on any atom is 0.0882 e. The summed E-state index contributed by atoms with van der Waals surface area (Å²) in [5.41, 5.74) is 0. The molecule has 0 N–H and O–H groups in total. The molecule has 0 heterocycles. The molecule has 5 heteroatoms. The molecule has 0 unspecified atom stereocenters. The lowest BCUT2D eigenvalue weighted by Gasteiger charge is -1.77. The maximum absolute atomic E-state index is 7.96. The molecule has 0 atom stereocenters. The molecule has 0 radical (unpaired) electrons. The highest BCUT2D eigenvalue weighted by atomic mass is 14.9. The van der Waals surface area contributed by atoms with Crippen molar-refractivity contribution >= 4 is 7.85 Å². The minimum absolute atomic E-state index is 0.130. The predicted octanol–water partition coefficient (Wildman–Crippen LogP) is 0.114. The van der Waals surface area contributed by atoms with Crippen molar-refractivity contribution < 1.29 is 0 Å². The molecule has 0 amide bonds. The van der Waals surface area contributed by atoms with Crippen LogP contribution < -0.4 is 0 Å². The van der Waals surface area contributed by atoms with Crippen LogP contribution in [-0.2, 0) is 0 Å². The van der Waals surface area contributed by atoms with Crippen LogP contribution in [0.2, 0.25) is 5.82 Å². The number of rotatable bonds is 2. The van der Waals surface area contributed by atoms with E-state index in [1.807, 2.05) is 7.85 Å². The summed E-state index contributed by atoms with van der Waals surface area (Å²) < 4.78 is 0. The Balaban J connectivity index is 3.25. The molecule has 8 heavy (non-hydrogen) atoms. The van der Waals surface area contributed by atoms with Gasteiger partial charge in [-0.15, -0.1) is 0 Å². The first-order chi connectivity index (χ1) is 3.81. The molecule has 0 bridgehead atoms. The second kappa shape index (κ2) is 4.07. The molecule has 0 aliphatic carbocycles. The second-order valence-electron chi connectivity index (χ2n) is 1.75. The van der Waals surface area contributed by atoms with Crippen LogP contribution >= 0.6 is 0 Å². The summed E-state index contributed by atoms with van der Waals surface area (Å²) in [4.78, 5) is 5.77. The van der Waals surface area contributed by atoms with Gasteiger partial charge in [0, 0.05) is 0 Å². The highest BCUT2D eigenvalue weighted by Gasteiger charge is 2.14. The monoisotopic (exact) mass is 110 g/mol. The summed E-state index contributed by atoms with van der Waals surface area (Å²) in [5, 5.41) is 15.9. The van der Waals surface area contributed by atoms with Gasteiger partial charge in [0.25, 0.3) is 0 Å². The van der Waals surface area contributed by atoms with Crippen molar-refractivity contribution in [3.05, 3.63) is 9.95 Å². The van der Waals surface area contributed by atoms with E-state index in [1.54, 1.807) is 0 Å². The average Bonchev–Trinajstić information content (AvgIpc) is 1.68. The Kier molecular flexibility index (Phi) is 3.52. The van der Waals surface area contributed by atoms with E-state index in [2.05, 4.69) is 9.95 Å². The van der Waals surface area contributed by atoms with Gasteiger partial charge in [0.1, 0.15) is 17.8 Å². The minimum atomic E-state index is 0.130. The van der Waals surface area contributed by atoms with Gasteiger partial charge in [0.15, 0.2) is 0 Å². The molecule has 0 aromatic rings. The van der Waals surface area contributed by atoms with Gasteiger partial charge in [0.05, 0.1) is 5.82 Å². The van der Waals surface area contributed by atoms with E-state index in [0.29, 0.717) is 13.1 Å². The third kappa shape index (κ3) is 3.11. The zero-order valence-electron chi connectivity index (χ0n) is 4.78. The normalized spacial score (nSPS) is 7.88. The quantitative estimate of drug-likeness (QED) is 0.374. The standard InChI is InChI=1S/C3H7BN4/c4-3(1-7-5)2-8-6/h3H,1-2,4H2/q+2. The van der Waals surface area contributed by atoms with Gasteiger partial charge < -0.3 is 0 Å². The van der Waals surface area contributed by atoms with Gasteiger partial charge in [-0.3, -0.25) is 0 Å². The average molecular weight is 110 g/mol. The van der Waals surface area contributed by atoms with Crippen molar-refractivity contribution in [1.82, 2.24) is 0 Å². The number of hydrogen-bond donors (Lipinski definition) is 0. The van der Waals surface area contributed by atoms with Gasteiger partial charge in [-0.25, -0.2) is 0 Å². The van der Waals surface area contributed by atoms with Gasteiger partial charge in [-0.05, 0) is 0 Å². The summed E-state index contributed by atoms with van der Waals surface area (Å²) in [6.07, 6.45) is 0. The van der Waals surface area contributed by atoms with Crippen LogP contribution in [0.5, 0.6) is 0 Å². The van der Waals surface area contributed by atoms with E-state index in [1.165, 1.54) is 0 Å². The molecule has 0 saturated heterocycles. The molecule has 0 fully saturated rings. The van der Waals surface area contributed by atoms with Crippen molar-refractivity contribution in [1.29, 1.82) is 10.8 Å². The highest BCUT2D eigenvalue weighted by molar-refractivity contribution is 6.12. The van der Waals surface area contributed by atoms with Crippen LogP contribution in [0, 0.1) is 10.8 Å². The molecule has 4 nitrogen and oxygen atoms in total. The maximum atomic E-state index is 7.96. The van der Waals surface area contributed by atoms with Crippen LogP contribution in [-0.4, -0.2) is 20.9 Å². The molecular formula is C3H7BN4+2. The molecule has 0 aromatic carbocycles. The smallest absolute Gasteiger partial charge is 0.0882 e. The second-order valence-corrected chi connectivity index (χ2v) is 1.75. The Morgan fingerprint density at radius 1 is 1.25 bits per heavy atom. The first kappa shape index (κ1) is 6.90. The lowest BCUT2D eigenvalue weighted by Crippen LogP contribution is -1.97. The Morgan fingerprint density at radius 3 is 1.88 bits per heavy atom. The third-order valence-electron chi connectivity index (χ3n) is 0.787. The fourth-order valence-electron chi connectivity index (χ4n) is 0.337. The lowest BCUT2D eigenvalue weighted by atomic mass is 9.88. The van der Waals surface area contributed by atoms with Crippen molar-refractivity contribution in [3.63, 3.8) is 0 Å². The first-order valence-corrected chi connectivity index (χ1v) is 2.43. The van der Waals surface area contributed by atoms with Gasteiger partial charge in [-0.1, -0.05) is 0 Å². The molecule has 0 aliphatic heterocycles. The van der Waals surface area contributed by atoms with E-state index in [9.17, 15) is 0 Å². The number of nitrogens with zero attached hydrogens (tertiary/aromatic N) is 4. The molecule has 0 aromatic heterocycles. The van der Waals surface area contributed by atoms with Crippen molar-refractivity contribution in [3.8, 4) is 0 Å². The van der Waals surface area contributed by atoms with E-state index < -0.39 is 0 Å². The largest absolute Gasteiger partial charge is 0.308 e. The Hall–Kier alpha value is -1.10. The summed E-state index contributed by atoms with van der Waals surface area (Å²) in [5.74, 6) is 0.130. The summed E-state index contributed by atoms with van der Waals surface area (Å²) >= 11 is 0. The topological polar surface area (TPSA) is 56.3 Å². The Morgan fingerprint density at radius 2 is 1.62 bits per heavy atom. The fourth-order valence-corrected chi connectivity index (χ4v) is 0.337. The molecule has 0 saturated carbocycles. The lowest BCUT2D eigenvalue weighted by molar-refractivity contribution is 0.949. The fraction of sp³-hybridized carbons (Fsp3) is 1.00. The summed E-state index contributed by atoms with van der Waals surface area (Å²) in [6.45, 7) is 0.675. The zero-order valence-corrected chi connectivity index (χ0v) is 4.78. The summed E-state index contributed by atoms with van der Waals surface area (Å²) in [7, 11) is 1.83. The Labute approximate surface area is 48.5 Å². The van der Waals surface area contributed by atoms with Crippen LogP contribution in [0.15, 0.2) is 0 Å². The highest BCUT2D eigenvalue weighted by Crippen LogP contribution is 1.97. The molecular weight excluding hydrogens is 103 g/mol. The molecule has 0 spiro atoms. The van der Waals surface area contributed by atoms with Crippen LogP contribution in [0.1, 0.15) is 0 Å². The number of hydrogen-bond acceptors (Lipinski definition) is 2. The van der Waals surface area contributed by atoms with E-state index in [0.717, 1.165) is 0 Å². The van der Waals surface area contributed by atoms with Crippen molar-refractivity contribution in [2.24, 2.45) is 0 Å². The summed E-state index contributed by atoms with van der Waals surface area (Å²) in [6, 6.07) is 0. The third-order valence-corrected chi connectivity index (χ3v) is 0.787. The van der Waals surface area contributed by atoms with Gasteiger partial charge >= 0.3 is 13.1 Å². The molecule has 0 aliphatic rings. The van der Waals surface area contributed by atoms with Crippen LogP contribution in [0.4, 0.5) is 0 Å². The molecule has 40 valence electrons. The predicted molar refractivity (Wildman–Crippen MR) is 32.2 cm³/mol. The van der Waals surface area contributed by atoms with Crippen molar-refractivity contribution in [2.45, 2.75) is 5.82 Å². The van der Waals surface area contributed by atoms with Crippen LogP contribution in [0.25, 0.3) is 9.95 Å². The number of diazo groups is 2.